The maximum Gasteiger partial charge on any atom is 0.348 e. The van der Waals surface area contributed by atoms with Gasteiger partial charge in [0.05, 0.1) is 14.2 Å². The Labute approximate surface area is 100 Å². The second-order valence-electron chi connectivity index (χ2n) is 3.36. The fraction of sp³-hybridized carbons (Fsp3) is 0.231. The van der Waals surface area contributed by atoms with Crippen LogP contribution >= 0.6 is 0 Å². The van der Waals surface area contributed by atoms with Crippen LogP contribution in [0.3, 0.4) is 0 Å². The Morgan fingerprint density at radius 3 is 2.65 bits per heavy atom. The van der Waals surface area contributed by atoms with Gasteiger partial charge in [0, 0.05) is 5.56 Å². The van der Waals surface area contributed by atoms with Gasteiger partial charge in [0.2, 0.25) is 0 Å². The van der Waals surface area contributed by atoms with Crippen molar-refractivity contribution in [2.24, 2.45) is 0 Å². The van der Waals surface area contributed by atoms with E-state index in [1.165, 1.54) is 13.2 Å². The van der Waals surface area contributed by atoms with Crippen molar-refractivity contribution in [2.75, 3.05) is 14.2 Å². The van der Waals surface area contributed by atoms with Crippen LogP contribution < -0.4 is 4.74 Å². The Morgan fingerprint density at radius 1 is 1.41 bits per heavy atom. The molecule has 0 unspecified atom stereocenters. The molecular weight excluding hydrogens is 218 g/mol. The number of nitriles is 1. The summed E-state index contributed by atoms with van der Waals surface area (Å²) in [6.45, 7) is 1.89. The number of nitrogens with zero attached hydrogens (tertiary/aromatic N) is 1. The van der Waals surface area contributed by atoms with Crippen LogP contribution in [0.1, 0.15) is 11.1 Å². The molecule has 0 saturated heterocycles. The van der Waals surface area contributed by atoms with E-state index in [1.807, 2.05) is 19.1 Å². The number of para-hydroxylation sites is 1. The summed E-state index contributed by atoms with van der Waals surface area (Å²) in [5.41, 5.74) is 1.55. The van der Waals surface area contributed by atoms with Crippen LogP contribution in [-0.2, 0) is 9.53 Å². The molecule has 1 rings (SSSR count). The highest BCUT2D eigenvalue weighted by Gasteiger charge is 2.11. The maximum atomic E-state index is 11.3. The zero-order valence-electron chi connectivity index (χ0n) is 9.98. The summed E-state index contributed by atoms with van der Waals surface area (Å²) in [5, 5.41) is 8.86. The van der Waals surface area contributed by atoms with Crippen LogP contribution in [-0.4, -0.2) is 20.2 Å². The van der Waals surface area contributed by atoms with Gasteiger partial charge in [-0.2, -0.15) is 5.26 Å². The summed E-state index contributed by atoms with van der Waals surface area (Å²) in [6, 6.07) is 7.29. The Kier molecular flexibility index (Phi) is 4.29. The number of ether oxygens (including phenoxy) is 2. The number of benzene rings is 1. The quantitative estimate of drug-likeness (QED) is 0.454. The Bertz CT molecular complexity index is 498. The zero-order valence-corrected chi connectivity index (χ0v) is 9.98. The molecule has 0 spiro atoms. The van der Waals surface area contributed by atoms with Crippen molar-refractivity contribution in [1.82, 2.24) is 0 Å². The zero-order chi connectivity index (χ0) is 12.8. The van der Waals surface area contributed by atoms with Crippen molar-refractivity contribution in [3.8, 4) is 11.8 Å². The summed E-state index contributed by atoms with van der Waals surface area (Å²) in [4.78, 5) is 11.3. The smallest absolute Gasteiger partial charge is 0.348 e. The summed E-state index contributed by atoms with van der Waals surface area (Å²) < 4.78 is 9.74. The van der Waals surface area contributed by atoms with Gasteiger partial charge < -0.3 is 9.47 Å². The minimum absolute atomic E-state index is 0.0589. The van der Waals surface area contributed by atoms with Gasteiger partial charge in [-0.3, -0.25) is 0 Å². The lowest BCUT2D eigenvalue weighted by Gasteiger charge is -2.08. The topological polar surface area (TPSA) is 59.3 Å². The molecule has 0 saturated carbocycles. The Hall–Kier alpha value is -2.28. The molecule has 0 aliphatic rings. The van der Waals surface area contributed by atoms with Crippen molar-refractivity contribution in [3.63, 3.8) is 0 Å². The molecule has 0 radical (unpaired) electrons. The first-order chi connectivity index (χ1) is 8.13. The van der Waals surface area contributed by atoms with E-state index < -0.39 is 5.97 Å². The number of esters is 1. The molecule has 0 heterocycles. The first-order valence-electron chi connectivity index (χ1n) is 4.97. The summed E-state index contributed by atoms with van der Waals surface area (Å²) in [6.07, 6.45) is 1.46. The summed E-state index contributed by atoms with van der Waals surface area (Å²) >= 11 is 0. The Morgan fingerprint density at radius 2 is 2.12 bits per heavy atom. The lowest BCUT2D eigenvalue weighted by atomic mass is 10.1. The number of hydrogen-bond donors (Lipinski definition) is 0. The van der Waals surface area contributed by atoms with E-state index in [1.54, 1.807) is 19.2 Å². The average Bonchev–Trinajstić information content (AvgIpc) is 2.35. The van der Waals surface area contributed by atoms with E-state index in [2.05, 4.69) is 4.74 Å². The first kappa shape index (κ1) is 12.8. The third-order valence-electron chi connectivity index (χ3n) is 2.27. The second-order valence-corrected chi connectivity index (χ2v) is 3.36. The van der Waals surface area contributed by atoms with E-state index in [0.29, 0.717) is 11.3 Å². The Balaban J connectivity index is 3.26. The van der Waals surface area contributed by atoms with Crippen LogP contribution in [0.5, 0.6) is 5.75 Å². The largest absolute Gasteiger partial charge is 0.496 e. The number of rotatable bonds is 3. The monoisotopic (exact) mass is 231 g/mol. The first-order valence-corrected chi connectivity index (χ1v) is 4.97. The van der Waals surface area contributed by atoms with Crippen molar-refractivity contribution in [2.45, 2.75) is 6.92 Å². The molecule has 0 N–H and O–H groups in total. The molecule has 0 aromatic heterocycles. The normalized spacial score (nSPS) is 10.6. The third kappa shape index (κ3) is 2.85. The van der Waals surface area contributed by atoms with Gasteiger partial charge in [0.1, 0.15) is 17.4 Å². The highest BCUT2D eigenvalue weighted by Crippen LogP contribution is 2.25. The fourth-order valence-corrected chi connectivity index (χ4v) is 1.47. The van der Waals surface area contributed by atoms with E-state index in [9.17, 15) is 4.79 Å². The molecule has 0 aliphatic carbocycles. The van der Waals surface area contributed by atoms with Crippen molar-refractivity contribution in [1.29, 1.82) is 5.26 Å². The van der Waals surface area contributed by atoms with Gasteiger partial charge in [-0.25, -0.2) is 4.79 Å². The van der Waals surface area contributed by atoms with Crippen LogP contribution in [0.25, 0.3) is 6.08 Å². The highest BCUT2D eigenvalue weighted by atomic mass is 16.5. The predicted molar refractivity (Wildman–Crippen MR) is 63.3 cm³/mol. The van der Waals surface area contributed by atoms with Crippen molar-refractivity contribution in [3.05, 3.63) is 34.9 Å². The SMILES string of the molecule is COC(=O)C(C#N)=Cc1cccc(C)c1OC. The molecule has 0 aliphatic heterocycles. The lowest BCUT2D eigenvalue weighted by Crippen LogP contribution is -2.03. The average molecular weight is 231 g/mol. The van der Waals surface area contributed by atoms with Crippen molar-refractivity contribution < 1.29 is 14.3 Å². The third-order valence-corrected chi connectivity index (χ3v) is 2.27. The van der Waals surface area contributed by atoms with Crippen LogP contribution in [0.4, 0.5) is 0 Å². The molecule has 0 bridgehead atoms. The second kappa shape index (κ2) is 5.71. The van der Waals surface area contributed by atoms with Gasteiger partial charge in [-0.15, -0.1) is 0 Å². The molecule has 1 aromatic rings. The van der Waals surface area contributed by atoms with Gasteiger partial charge in [-0.05, 0) is 18.6 Å². The molecule has 0 fully saturated rings. The summed E-state index contributed by atoms with van der Waals surface area (Å²) in [5.74, 6) is -0.0137. The number of hydrogen-bond acceptors (Lipinski definition) is 4. The number of methoxy groups -OCH3 is 2. The molecule has 4 heteroatoms. The van der Waals surface area contributed by atoms with Crippen LogP contribution in [0.15, 0.2) is 23.8 Å². The van der Waals surface area contributed by atoms with Gasteiger partial charge >= 0.3 is 5.97 Å². The predicted octanol–water partition coefficient (Wildman–Crippen LogP) is 2.08. The molecule has 0 amide bonds. The number of carbonyl (C=O) groups excluding carboxylic acids is 1. The van der Waals surface area contributed by atoms with Crippen molar-refractivity contribution >= 4 is 12.0 Å². The van der Waals surface area contributed by atoms with E-state index >= 15 is 0 Å². The van der Waals surface area contributed by atoms with Crippen LogP contribution in [0.2, 0.25) is 0 Å². The highest BCUT2D eigenvalue weighted by molar-refractivity contribution is 5.98. The van der Waals surface area contributed by atoms with E-state index in [0.717, 1.165) is 5.56 Å². The van der Waals surface area contributed by atoms with Crippen LogP contribution in [0, 0.1) is 18.3 Å². The van der Waals surface area contributed by atoms with E-state index in [-0.39, 0.29) is 5.57 Å². The minimum atomic E-state index is -0.656. The minimum Gasteiger partial charge on any atom is -0.496 e. The number of aryl methyl sites for hydroxylation is 1. The standard InChI is InChI=1S/C13H13NO3/c1-9-5-4-6-10(12(9)16-2)7-11(8-14)13(15)17-3/h4-7H,1-3H3. The molecule has 88 valence electrons. The lowest BCUT2D eigenvalue weighted by molar-refractivity contribution is -0.135. The molecular formula is C13H13NO3. The number of carbonyl (C=O) groups is 1. The van der Waals surface area contributed by atoms with Gasteiger partial charge in [-0.1, -0.05) is 18.2 Å². The molecule has 4 nitrogen and oxygen atoms in total. The van der Waals surface area contributed by atoms with E-state index in [4.69, 9.17) is 10.00 Å². The fourth-order valence-electron chi connectivity index (χ4n) is 1.47. The maximum absolute atomic E-state index is 11.3. The van der Waals surface area contributed by atoms with Gasteiger partial charge in [0.15, 0.2) is 0 Å². The summed E-state index contributed by atoms with van der Waals surface area (Å²) in [7, 11) is 2.78. The molecule has 1 aromatic carbocycles. The molecule has 17 heavy (non-hydrogen) atoms. The molecule has 0 atom stereocenters. The van der Waals surface area contributed by atoms with Gasteiger partial charge in [0.25, 0.3) is 0 Å².